The lowest BCUT2D eigenvalue weighted by Gasteiger charge is -2.08. The molecule has 1 aliphatic carbocycles. The van der Waals surface area contributed by atoms with Crippen LogP contribution in [0.25, 0.3) is 0 Å². The van der Waals surface area contributed by atoms with Crippen molar-refractivity contribution in [1.82, 2.24) is 14.7 Å². The van der Waals surface area contributed by atoms with Gasteiger partial charge in [-0.2, -0.15) is 0 Å². The molecule has 2 heterocycles. The molecule has 3 rings (SSSR count). The zero-order valence-electron chi connectivity index (χ0n) is 11.2. The fourth-order valence-corrected chi connectivity index (χ4v) is 3.24. The van der Waals surface area contributed by atoms with E-state index in [1.807, 2.05) is 12.1 Å². The van der Waals surface area contributed by atoms with Gasteiger partial charge in [0.2, 0.25) is 0 Å². The highest BCUT2D eigenvalue weighted by Crippen LogP contribution is 2.40. The standard InChI is InChI=1S/C13H13BrN4O2S/c1-15-11(19)10-12(20)18-21-13(10)16-7-4-8(6-2-3-6)17-9(14)5-7/h4-6H,2-3H2,1H3,(H,15,19)(H,16,17)(H,18,20). The van der Waals surface area contributed by atoms with Crippen molar-refractivity contribution in [2.24, 2.45) is 0 Å². The van der Waals surface area contributed by atoms with Crippen molar-refractivity contribution in [2.45, 2.75) is 18.8 Å². The molecule has 21 heavy (non-hydrogen) atoms. The molecule has 0 unspecified atom stereocenters. The van der Waals surface area contributed by atoms with E-state index in [2.05, 4.69) is 35.9 Å². The second-order valence-corrected chi connectivity index (χ2v) is 6.45. The molecule has 0 saturated heterocycles. The van der Waals surface area contributed by atoms with E-state index >= 15 is 0 Å². The first-order valence-corrected chi connectivity index (χ1v) is 8.07. The SMILES string of the molecule is CNC(=O)c1c(Nc2cc(Br)nc(C3CC3)c2)s[nH]c1=O. The molecule has 1 fully saturated rings. The van der Waals surface area contributed by atoms with Crippen LogP contribution in [-0.2, 0) is 0 Å². The van der Waals surface area contributed by atoms with Crippen LogP contribution in [0.5, 0.6) is 0 Å². The van der Waals surface area contributed by atoms with Crippen molar-refractivity contribution in [3.05, 3.63) is 38.3 Å². The number of halogens is 1. The Kier molecular flexibility index (Phi) is 3.81. The number of anilines is 2. The lowest BCUT2D eigenvalue weighted by atomic mass is 10.2. The number of amides is 1. The van der Waals surface area contributed by atoms with E-state index < -0.39 is 11.5 Å². The van der Waals surface area contributed by atoms with E-state index in [1.165, 1.54) is 7.05 Å². The average Bonchev–Trinajstić information content (AvgIpc) is 3.23. The molecule has 0 aliphatic heterocycles. The van der Waals surface area contributed by atoms with Gasteiger partial charge >= 0.3 is 0 Å². The predicted molar refractivity (Wildman–Crippen MR) is 85.5 cm³/mol. The molecule has 8 heteroatoms. The minimum atomic E-state index is -0.407. The maximum Gasteiger partial charge on any atom is 0.273 e. The predicted octanol–water partition coefficient (Wildman–Crippen LogP) is 2.57. The lowest BCUT2D eigenvalue weighted by molar-refractivity contribution is 0.0963. The molecule has 2 aromatic heterocycles. The molecule has 1 aliphatic rings. The molecular weight excluding hydrogens is 356 g/mol. The number of aromatic nitrogens is 2. The first-order chi connectivity index (χ1) is 10.1. The molecular formula is C13H13BrN4O2S. The quantitative estimate of drug-likeness (QED) is 0.723. The second kappa shape index (κ2) is 5.61. The normalized spacial score (nSPS) is 14.0. The first-order valence-electron chi connectivity index (χ1n) is 6.46. The lowest BCUT2D eigenvalue weighted by Crippen LogP contribution is -2.24. The Hall–Kier alpha value is -1.67. The summed E-state index contributed by atoms with van der Waals surface area (Å²) in [6, 6.07) is 3.78. The van der Waals surface area contributed by atoms with Crippen LogP contribution in [0.1, 0.15) is 34.8 Å². The minimum absolute atomic E-state index is 0.100. The summed E-state index contributed by atoms with van der Waals surface area (Å²) in [5.41, 5.74) is 1.54. The third-order valence-corrected chi connectivity index (χ3v) is 4.43. The van der Waals surface area contributed by atoms with E-state index in [0.29, 0.717) is 10.9 Å². The summed E-state index contributed by atoms with van der Waals surface area (Å²) in [4.78, 5) is 27.9. The summed E-state index contributed by atoms with van der Waals surface area (Å²) >= 11 is 4.50. The molecule has 110 valence electrons. The molecule has 0 bridgehead atoms. The van der Waals surface area contributed by atoms with E-state index in [1.54, 1.807) is 0 Å². The van der Waals surface area contributed by atoms with Gasteiger partial charge in [0.1, 0.15) is 15.2 Å². The Bertz CT molecular complexity index is 751. The van der Waals surface area contributed by atoms with Crippen molar-refractivity contribution in [2.75, 3.05) is 12.4 Å². The van der Waals surface area contributed by atoms with Gasteiger partial charge in [0.25, 0.3) is 11.5 Å². The molecule has 6 nitrogen and oxygen atoms in total. The van der Waals surface area contributed by atoms with Crippen LogP contribution < -0.4 is 16.2 Å². The smallest absolute Gasteiger partial charge is 0.273 e. The van der Waals surface area contributed by atoms with Crippen LogP contribution in [0, 0.1) is 0 Å². The number of nitrogens with one attached hydrogen (secondary N) is 3. The summed E-state index contributed by atoms with van der Waals surface area (Å²) in [5, 5.41) is 6.10. The van der Waals surface area contributed by atoms with Gasteiger partial charge in [0.05, 0.1) is 0 Å². The number of aromatic amines is 1. The van der Waals surface area contributed by atoms with Crippen molar-refractivity contribution in [3.63, 3.8) is 0 Å². The fraction of sp³-hybridized carbons (Fsp3) is 0.308. The highest BCUT2D eigenvalue weighted by Gasteiger charge is 2.26. The molecule has 0 atom stereocenters. The average molecular weight is 369 g/mol. The van der Waals surface area contributed by atoms with Gasteiger partial charge in [0, 0.05) is 24.3 Å². The Balaban J connectivity index is 1.94. The molecule has 2 aromatic rings. The Morgan fingerprint density at radius 2 is 2.24 bits per heavy atom. The number of carbonyl (C=O) groups is 1. The fourth-order valence-electron chi connectivity index (χ4n) is 2.03. The summed E-state index contributed by atoms with van der Waals surface area (Å²) in [6.07, 6.45) is 2.31. The number of rotatable bonds is 4. The van der Waals surface area contributed by atoms with Gasteiger partial charge in [-0.1, -0.05) is 0 Å². The van der Waals surface area contributed by atoms with Gasteiger partial charge in [-0.3, -0.25) is 14.0 Å². The largest absolute Gasteiger partial charge is 0.355 e. The van der Waals surface area contributed by atoms with Crippen LogP contribution in [0.4, 0.5) is 10.7 Å². The van der Waals surface area contributed by atoms with Gasteiger partial charge in [0.15, 0.2) is 0 Å². The maximum absolute atomic E-state index is 11.8. The monoisotopic (exact) mass is 368 g/mol. The third-order valence-electron chi connectivity index (χ3n) is 3.22. The minimum Gasteiger partial charge on any atom is -0.355 e. The summed E-state index contributed by atoms with van der Waals surface area (Å²) in [5.74, 6) is 0.113. The zero-order chi connectivity index (χ0) is 15.0. The number of H-pyrrole nitrogens is 1. The topological polar surface area (TPSA) is 86.9 Å². The van der Waals surface area contributed by atoms with Gasteiger partial charge < -0.3 is 10.6 Å². The summed E-state index contributed by atoms with van der Waals surface area (Å²) < 4.78 is 3.31. The Morgan fingerprint density at radius 1 is 1.48 bits per heavy atom. The second-order valence-electron chi connectivity index (χ2n) is 4.82. The summed E-state index contributed by atoms with van der Waals surface area (Å²) in [7, 11) is 1.50. The number of carbonyl (C=O) groups excluding carboxylic acids is 1. The number of hydrogen-bond acceptors (Lipinski definition) is 5. The van der Waals surface area contributed by atoms with Crippen LogP contribution >= 0.6 is 27.5 Å². The summed E-state index contributed by atoms with van der Waals surface area (Å²) in [6.45, 7) is 0. The Morgan fingerprint density at radius 3 is 2.90 bits per heavy atom. The third kappa shape index (κ3) is 3.01. The van der Waals surface area contributed by atoms with Crippen molar-refractivity contribution in [1.29, 1.82) is 0 Å². The highest BCUT2D eigenvalue weighted by molar-refractivity contribution is 9.10. The van der Waals surface area contributed by atoms with Gasteiger partial charge in [-0.25, -0.2) is 4.98 Å². The van der Waals surface area contributed by atoms with E-state index in [0.717, 1.165) is 40.4 Å². The van der Waals surface area contributed by atoms with Crippen LogP contribution in [0.3, 0.4) is 0 Å². The highest BCUT2D eigenvalue weighted by atomic mass is 79.9. The number of hydrogen-bond donors (Lipinski definition) is 3. The molecule has 3 N–H and O–H groups in total. The van der Waals surface area contributed by atoms with Crippen LogP contribution in [0.2, 0.25) is 0 Å². The van der Waals surface area contributed by atoms with Crippen LogP contribution in [0.15, 0.2) is 21.5 Å². The Labute approximate surface area is 133 Å². The van der Waals surface area contributed by atoms with Gasteiger partial charge in [-0.05, 0) is 52.4 Å². The number of pyridine rings is 1. The molecule has 1 amide bonds. The van der Waals surface area contributed by atoms with Crippen LogP contribution in [-0.4, -0.2) is 22.3 Å². The molecule has 0 spiro atoms. The maximum atomic E-state index is 11.8. The first kappa shape index (κ1) is 14.3. The van der Waals surface area contributed by atoms with Crippen molar-refractivity contribution >= 4 is 44.1 Å². The molecule has 0 aromatic carbocycles. The van der Waals surface area contributed by atoms with Gasteiger partial charge in [-0.15, -0.1) is 0 Å². The van der Waals surface area contributed by atoms with Crippen molar-refractivity contribution in [3.8, 4) is 0 Å². The van der Waals surface area contributed by atoms with E-state index in [-0.39, 0.29) is 5.56 Å². The molecule has 1 saturated carbocycles. The van der Waals surface area contributed by atoms with E-state index in [9.17, 15) is 9.59 Å². The zero-order valence-corrected chi connectivity index (χ0v) is 13.6. The van der Waals surface area contributed by atoms with Crippen molar-refractivity contribution < 1.29 is 4.79 Å². The number of nitrogens with zero attached hydrogens (tertiary/aromatic N) is 1. The van der Waals surface area contributed by atoms with E-state index in [4.69, 9.17) is 0 Å². The molecule has 0 radical (unpaired) electrons.